The van der Waals surface area contributed by atoms with Gasteiger partial charge in [0.1, 0.15) is 5.75 Å². The molecule has 1 aliphatic carbocycles. The number of benzene rings is 1. The van der Waals surface area contributed by atoms with Crippen molar-refractivity contribution < 1.29 is 9.90 Å². The molecule has 1 saturated carbocycles. The molecule has 2 unspecified atom stereocenters. The van der Waals surface area contributed by atoms with Gasteiger partial charge in [-0.2, -0.15) is 0 Å². The highest BCUT2D eigenvalue weighted by Crippen LogP contribution is 2.29. The summed E-state index contributed by atoms with van der Waals surface area (Å²) in [5.41, 5.74) is 1.49. The Labute approximate surface area is 122 Å². The molecule has 0 spiro atoms. The SMILES string of the molecule is Cc1cc(O)ccc1C(=O)N(C)C1CCCCC1Br. The highest BCUT2D eigenvalue weighted by molar-refractivity contribution is 9.09. The van der Waals surface area contributed by atoms with Crippen molar-refractivity contribution in [1.82, 2.24) is 4.90 Å². The Balaban J connectivity index is 2.18. The fourth-order valence-corrected chi connectivity index (χ4v) is 3.67. The van der Waals surface area contributed by atoms with Crippen molar-refractivity contribution in [2.24, 2.45) is 0 Å². The van der Waals surface area contributed by atoms with E-state index in [9.17, 15) is 9.90 Å². The number of amides is 1. The first-order chi connectivity index (χ1) is 9.00. The van der Waals surface area contributed by atoms with Crippen LogP contribution in [0.25, 0.3) is 0 Å². The predicted octanol–water partition coefficient (Wildman–Crippen LogP) is 3.48. The van der Waals surface area contributed by atoms with Crippen LogP contribution in [-0.2, 0) is 0 Å². The fraction of sp³-hybridized carbons (Fsp3) is 0.533. The van der Waals surface area contributed by atoms with Gasteiger partial charge in [0.15, 0.2) is 0 Å². The van der Waals surface area contributed by atoms with Gasteiger partial charge in [-0.3, -0.25) is 4.79 Å². The lowest BCUT2D eigenvalue weighted by Gasteiger charge is -2.35. The minimum Gasteiger partial charge on any atom is -0.508 e. The van der Waals surface area contributed by atoms with Crippen molar-refractivity contribution in [2.45, 2.75) is 43.5 Å². The molecule has 1 amide bonds. The Bertz CT molecular complexity index is 475. The zero-order valence-corrected chi connectivity index (χ0v) is 13.0. The van der Waals surface area contributed by atoms with Crippen LogP contribution in [0.5, 0.6) is 5.75 Å². The Morgan fingerprint density at radius 1 is 1.37 bits per heavy atom. The number of aromatic hydroxyl groups is 1. The molecule has 1 aliphatic rings. The molecular formula is C15H20BrNO2. The van der Waals surface area contributed by atoms with Gasteiger partial charge in [0.2, 0.25) is 0 Å². The van der Waals surface area contributed by atoms with Crippen LogP contribution in [-0.4, -0.2) is 33.8 Å². The van der Waals surface area contributed by atoms with Gasteiger partial charge in [0.25, 0.3) is 5.91 Å². The maximum atomic E-state index is 12.5. The quantitative estimate of drug-likeness (QED) is 0.846. The molecule has 2 rings (SSSR count). The van der Waals surface area contributed by atoms with E-state index in [-0.39, 0.29) is 17.7 Å². The number of carbonyl (C=O) groups is 1. The van der Waals surface area contributed by atoms with Gasteiger partial charge in [0.05, 0.1) is 0 Å². The molecule has 3 nitrogen and oxygen atoms in total. The molecule has 0 aliphatic heterocycles. The number of phenolic OH excluding ortho intramolecular Hbond substituents is 1. The van der Waals surface area contributed by atoms with E-state index in [2.05, 4.69) is 15.9 Å². The molecule has 0 heterocycles. The maximum absolute atomic E-state index is 12.5. The van der Waals surface area contributed by atoms with E-state index in [0.29, 0.717) is 10.4 Å². The largest absolute Gasteiger partial charge is 0.508 e. The Kier molecular flexibility index (Phi) is 4.50. The molecule has 4 heteroatoms. The third-order valence-corrected chi connectivity index (χ3v) is 4.97. The Hall–Kier alpha value is -1.03. The third-order valence-electron chi connectivity index (χ3n) is 3.91. The number of hydrogen-bond acceptors (Lipinski definition) is 2. The predicted molar refractivity (Wildman–Crippen MR) is 79.9 cm³/mol. The molecule has 19 heavy (non-hydrogen) atoms. The smallest absolute Gasteiger partial charge is 0.254 e. The number of aryl methyl sites for hydroxylation is 1. The van der Waals surface area contributed by atoms with Gasteiger partial charge >= 0.3 is 0 Å². The molecule has 1 aromatic carbocycles. The van der Waals surface area contributed by atoms with E-state index in [0.717, 1.165) is 18.4 Å². The molecule has 2 atom stereocenters. The minimum atomic E-state index is 0.0360. The van der Waals surface area contributed by atoms with Crippen molar-refractivity contribution in [2.75, 3.05) is 7.05 Å². The molecule has 1 aromatic rings. The summed E-state index contributed by atoms with van der Waals surface area (Å²) in [5.74, 6) is 0.238. The summed E-state index contributed by atoms with van der Waals surface area (Å²) in [4.78, 5) is 14.8. The van der Waals surface area contributed by atoms with Crippen LogP contribution in [0.15, 0.2) is 18.2 Å². The van der Waals surface area contributed by atoms with Crippen LogP contribution >= 0.6 is 15.9 Å². The summed E-state index contributed by atoms with van der Waals surface area (Å²) in [6, 6.07) is 5.17. The number of hydrogen-bond donors (Lipinski definition) is 1. The standard InChI is InChI=1S/C15H20BrNO2/c1-10-9-11(18)7-8-12(10)15(19)17(2)14-6-4-3-5-13(14)16/h7-9,13-14,18H,3-6H2,1-2H3. The number of rotatable bonds is 2. The summed E-state index contributed by atoms with van der Waals surface area (Å²) in [6.45, 7) is 1.85. The topological polar surface area (TPSA) is 40.5 Å². The monoisotopic (exact) mass is 325 g/mol. The molecule has 1 N–H and O–H groups in total. The minimum absolute atomic E-state index is 0.0360. The highest BCUT2D eigenvalue weighted by atomic mass is 79.9. The van der Waals surface area contributed by atoms with E-state index in [1.54, 1.807) is 18.2 Å². The first kappa shape index (κ1) is 14.4. The van der Waals surface area contributed by atoms with Crippen molar-refractivity contribution in [3.8, 4) is 5.75 Å². The third kappa shape index (κ3) is 3.11. The lowest BCUT2D eigenvalue weighted by molar-refractivity contribution is 0.0704. The molecule has 0 aromatic heterocycles. The van der Waals surface area contributed by atoms with Crippen LogP contribution in [0.1, 0.15) is 41.6 Å². The summed E-state index contributed by atoms with van der Waals surface area (Å²) in [6.07, 6.45) is 4.58. The number of alkyl halides is 1. The second-order valence-electron chi connectivity index (χ2n) is 5.28. The number of halogens is 1. The van der Waals surface area contributed by atoms with Crippen LogP contribution < -0.4 is 0 Å². The number of carbonyl (C=O) groups excluding carboxylic acids is 1. The van der Waals surface area contributed by atoms with Crippen LogP contribution in [0.3, 0.4) is 0 Å². The summed E-state index contributed by atoms with van der Waals surface area (Å²) in [5, 5.41) is 9.42. The Morgan fingerprint density at radius 2 is 2.05 bits per heavy atom. The summed E-state index contributed by atoms with van der Waals surface area (Å²) in [7, 11) is 1.87. The maximum Gasteiger partial charge on any atom is 0.254 e. The van der Waals surface area contributed by atoms with E-state index in [4.69, 9.17) is 0 Å². The molecule has 0 bridgehead atoms. The van der Waals surface area contributed by atoms with Crippen molar-refractivity contribution in [3.63, 3.8) is 0 Å². The zero-order chi connectivity index (χ0) is 14.0. The van der Waals surface area contributed by atoms with Crippen molar-refractivity contribution in [1.29, 1.82) is 0 Å². The average Bonchev–Trinajstić information content (AvgIpc) is 2.38. The average molecular weight is 326 g/mol. The van der Waals surface area contributed by atoms with Crippen molar-refractivity contribution >= 4 is 21.8 Å². The Morgan fingerprint density at radius 3 is 2.68 bits per heavy atom. The highest BCUT2D eigenvalue weighted by Gasteiger charge is 2.29. The summed E-state index contributed by atoms with van der Waals surface area (Å²) < 4.78 is 0. The normalized spacial score (nSPS) is 23.1. The molecule has 1 fully saturated rings. The van der Waals surface area contributed by atoms with Crippen LogP contribution in [0.4, 0.5) is 0 Å². The van der Waals surface area contributed by atoms with Gasteiger partial charge in [-0.1, -0.05) is 28.8 Å². The first-order valence-corrected chi connectivity index (χ1v) is 7.63. The van der Waals surface area contributed by atoms with Gasteiger partial charge < -0.3 is 10.0 Å². The van der Waals surface area contributed by atoms with Crippen molar-refractivity contribution in [3.05, 3.63) is 29.3 Å². The number of nitrogens with zero attached hydrogens (tertiary/aromatic N) is 1. The second kappa shape index (κ2) is 5.95. The van der Waals surface area contributed by atoms with E-state index < -0.39 is 0 Å². The lowest BCUT2D eigenvalue weighted by Crippen LogP contribution is -2.44. The van der Waals surface area contributed by atoms with Gasteiger partial charge in [-0.25, -0.2) is 0 Å². The van der Waals surface area contributed by atoms with Crippen LogP contribution in [0.2, 0.25) is 0 Å². The first-order valence-electron chi connectivity index (χ1n) is 6.71. The van der Waals surface area contributed by atoms with Gasteiger partial charge in [0, 0.05) is 23.5 Å². The molecule has 104 valence electrons. The molecule has 0 radical (unpaired) electrons. The molecule has 0 saturated heterocycles. The van der Waals surface area contributed by atoms with Gasteiger partial charge in [-0.15, -0.1) is 0 Å². The number of phenols is 1. The van der Waals surface area contributed by atoms with Crippen LogP contribution in [0, 0.1) is 6.92 Å². The summed E-state index contributed by atoms with van der Waals surface area (Å²) >= 11 is 3.69. The fourth-order valence-electron chi connectivity index (χ4n) is 2.73. The zero-order valence-electron chi connectivity index (χ0n) is 11.4. The molecular weight excluding hydrogens is 306 g/mol. The second-order valence-corrected chi connectivity index (χ2v) is 6.46. The van der Waals surface area contributed by atoms with E-state index in [1.807, 2.05) is 18.9 Å². The van der Waals surface area contributed by atoms with E-state index in [1.165, 1.54) is 12.8 Å². The van der Waals surface area contributed by atoms with E-state index >= 15 is 0 Å². The lowest BCUT2D eigenvalue weighted by atomic mass is 9.93. The van der Waals surface area contributed by atoms with Gasteiger partial charge in [-0.05, 0) is 43.5 Å².